The van der Waals surface area contributed by atoms with Crippen molar-refractivity contribution >= 4 is 12.0 Å². The molecule has 156 valence electrons. The summed E-state index contributed by atoms with van der Waals surface area (Å²) in [4.78, 5) is 12.1. The maximum atomic E-state index is 12.1. The van der Waals surface area contributed by atoms with Gasteiger partial charge in [-0.2, -0.15) is 0 Å². The summed E-state index contributed by atoms with van der Waals surface area (Å²) in [6.07, 6.45) is 7.28. The monoisotopic (exact) mass is 397 g/mol. The highest BCUT2D eigenvalue weighted by molar-refractivity contribution is 5.91. The third-order valence-corrected chi connectivity index (χ3v) is 4.35. The molecular weight excluding hydrogens is 366 g/mol. The van der Waals surface area contributed by atoms with Crippen molar-refractivity contribution in [3.05, 3.63) is 59.7 Å². The molecule has 2 aromatic carbocycles. The van der Waals surface area contributed by atoms with Crippen LogP contribution in [0.3, 0.4) is 0 Å². The molecule has 0 aliphatic rings. The molecule has 0 heterocycles. The number of aromatic hydroxyl groups is 1. The summed E-state index contributed by atoms with van der Waals surface area (Å²) in [6.45, 7) is 5.86. The minimum atomic E-state index is -0.150. The van der Waals surface area contributed by atoms with E-state index < -0.39 is 0 Å². The highest BCUT2D eigenvalue weighted by Gasteiger charge is 2.06. The molecule has 0 atom stereocenters. The fourth-order valence-electron chi connectivity index (χ4n) is 2.77. The first-order chi connectivity index (χ1) is 14.1. The van der Waals surface area contributed by atoms with Gasteiger partial charge in [-0.05, 0) is 61.2 Å². The van der Waals surface area contributed by atoms with E-state index in [0.717, 1.165) is 36.1 Å². The van der Waals surface area contributed by atoms with Crippen molar-refractivity contribution in [3.63, 3.8) is 0 Å². The van der Waals surface area contributed by atoms with Crippen LogP contribution in [-0.4, -0.2) is 30.8 Å². The smallest absolute Gasteiger partial charge is 0.244 e. The lowest BCUT2D eigenvalue weighted by atomic mass is 10.1. The van der Waals surface area contributed by atoms with Crippen LogP contribution in [0.4, 0.5) is 0 Å². The maximum Gasteiger partial charge on any atom is 0.244 e. The SMILES string of the molecule is CCCCCOc1cc(/C=C/C(=O)NCCc2ccc(O)cc2)ccc1OCC. The Morgan fingerprint density at radius 3 is 2.55 bits per heavy atom. The molecule has 0 aliphatic carbocycles. The van der Waals surface area contributed by atoms with Crippen LogP contribution >= 0.6 is 0 Å². The van der Waals surface area contributed by atoms with Crippen LogP contribution in [0, 0.1) is 0 Å². The number of rotatable bonds is 12. The number of amides is 1. The summed E-state index contributed by atoms with van der Waals surface area (Å²) in [7, 11) is 0. The molecule has 5 nitrogen and oxygen atoms in total. The van der Waals surface area contributed by atoms with Crippen molar-refractivity contribution < 1.29 is 19.4 Å². The second-order valence-corrected chi connectivity index (χ2v) is 6.74. The Bertz CT molecular complexity index is 784. The molecule has 2 aromatic rings. The fraction of sp³-hybridized carbons (Fsp3) is 0.375. The van der Waals surface area contributed by atoms with Crippen molar-refractivity contribution in [2.45, 2.75) is 39.5 Å². The van der Waals surface area contributed by atoms with Gasteiger partial charge < -0.3 is 19.9 Å². The van der Waals surface area contributed by atoms with Gasteiger partial charge in [0.05, 0.1) is 13.2 Å². The zero-order valence-corrected chi connectivity index (χ0v) is 17.3. The van der Waals surface area contributed by atoms with E-state index in [9.17, 15) is 9.90 Å². The Kier molecular flexibility index (Phi) is 9.63. The molecular formula is C24H31NO4. The molecule has 2 rings (SSSR count). The summed E-state index contributed by atoms with van der Waals surface area (Å²) in [5, 5.41) is 12.2. The molecule has 0 spiro atoms. The molecule has 0 aromatic heterocycles. The Hall–Kier alpha value is -2.95. The number of phenols is 1. The fourth-order valence-corrected chi connectivity index (χ4v) is 2.77. The van der Waals surface area contributed by atoms with E-state index in [2.05, 4.69) is 12.2 Å². The van der Waals surface area contributed by atoms with Crippen LogP contribution < -0.4 is 14.8 Å². The van der Waals surface area contributed by atoms with Crippen LogP contribution in [0.15, 0.2) is 48.5 Å². The lowest BCUT2D eigenvalue weighted by molar-refractivity contribution is -0.116. The molecule has 5 heteroatoms. The number of phenolic OH excluding ortho intramolecular Hbond substituents is 1. The van der Waals surface area contributed by atoms with Crippen molar-refractivity contribution in [3.8, 4) is 17.2 Å². The van der Waals surface area contributed by atoms with Crippen LogP contribution in [0.1, 0.15) is 44.2 Å². The molecule has 0 radical (unpaired) electrons. The van der Waals surface area contributed by atoms with Gasteiger partial charge in [0.2, 0.25) is 5.91 Å². The van der Waals surface area contributed by atoms with E-state index in [1.807, 2.05) is 37.3 Å². The summed E-state index contributed by atoms with van der Waals surface area (Å²) in [6, 6.07) is 12.7. The molecule has 2 N–H and O–H groups in total. The largest absolute Gasteiger partial charge is 0.508 e. The van der Waals surface area contributed by atoms with E-state index in [1.165, 1.54) is 6.08 Å². The highest BCUT2D eigenvalue weighted by Crippen LogP contribution is 2.29. The first-order valence-corrected chi connectivity index (χ1v) is 10.3. The zero-order valence-electron chi connectivity index (χ0n) is 17.3. The van der Waals surface area contributed by atoms with Gasteiger partial charge >= 0.3 is 0 Å². The Balaban J connectivity index is 1.88. The number of benzene rings is 2. The van der Waals surface area contributed by atoms with E-state index >= 15 is 0 Å². The number of carbonyl (C=O) groups is 1. The number of nitrogens with one attached hydrogen (secondary N) is 1. The topological polar surface area (TPSA) is 67.8 Å². The molecule has 0 bridgehead atoms. The zero-order chi connectivity index (χ0) is 20.9. The molecule has 0 saturated carbocycles. The molecule has 0 fully saturated rings. The number of carbonyl (C=O) groups excluding carboxylic acids is 1. The van der Waals surface area contributed by atoms with Gasteiger partial charge in [-0.3, -0.25) is 4.79 Å². The van der Waals surface area contributed by atoms with Gasteiger partial charge in [-0.25, -0.2) is 0 Å². The Labute approximate surface area is 173 Å². The Morgan fingerprint density at radius 2 is 1.83 bits per heavy atom. The van der Waals surface area contributed by atoms with Gasteiger partial charge in [-0.1, -0.05) is 38.0 Å². The molecule has 0 unspecified atom stereocenters. The van der Waals surface area contributed by atoms with Gasteiger partial charge in [-0.15, -0.1) is 0 Å². The van der Waals surface area contributed by atoms with Gasteiger partial charge in [0.1, 0.15) is 5.75 Å². The van der Waals surface area contributed by atoms with E-state index in [4.69, 9.17) is 9.47 Å². The second kappa shape index (κ2) is 12.5. The first-order valence-electron chi connectivity index (χ1n) is 10.3. The number of unbranched alkanes of at least 4 members (excludes halogenated alkanes) is 2. The molecule has 0 saturated heterocycles. The lowest BCUT2D eigenvalue weighted by Crippen LogP contribution is -2.23. The minimum absolute atomic E-state index is 0.150. The van der Waals surface area contributed by atoms with E-state index in [-0.39, 0.29) is 11.7 Å². The molecule has 0 aliphatic heterocycles. The van der Waals surface area contributed by atoms with Crippen LogP contribution in [-0.2, 0) is 11.2 Å². The summed E-state index contributed by atoms with van der Waals surface area (Å²) in [5.74, 6) is 1.52. The number of ether oxygens (including phenoxy) is 2. The second-order valence-electron chi connectivity index (χ2n) is 6.74. The average molecular weight is 398 g/mol. The van der Waals surface area contributed by atoms with Crippen molar-refractivity contribution in [2.24, 2.45) is 0 Å². The number of hydrogen-bond donors (Lipinski definition) is 2. The standard InChI is InChI=1S/C24H31NO4/c1-3-5-6-17-29-23-18-20(9-13-22(23)28-4-2)10-14-24(27)25-16-15-19-7-11-21(26)12-8-19/h7-14,18,26H,3-6,15-17H2,1-2H3,(H,25,27)/b14-10+. The Morgan fingerprint density at radius 1 is 1.03 bits per heavy atom. The summed E-state index contributed by atoms with van der Waals surface area (Å²) < 4.78 is 11.5. The average Bonchev–Trinajstić information content (AvgIpc) is 2.72. The maximum absolute atomic E-state index is 12.1. The van der Waals surface area contributed by atoms with Gasteiger partial charge in [0, 0.05) is 12.6 Å². The minimum Gasteiger partial charge on any atom is -0.508 e. The quantitative estimate of drug-likeness (QED) is 0.401. The van der Waals surface area contributed by atoms with E-state index in [1.54, 1.807) is 18.2 Å². The normalized spacial score (nSPS) is 10.8. The van der Waals surface area contributed by atoms with Crippen molar-refractivity contribution in [2.75, 3.05) is 19.8 Å². The van der Waals surface area contributed by atoms with Gasteiger partial charge in [0.15, 0.2) is 11.5 Å². The van der Waals surface area contributed by atoms with Crippen molar-refractivity contribution in [1.29, 1.82) is 0 Å². The highest BCUT2D eigenvalue weighted by atomic mass is 16.5. The molecule has 29 heavy (non-hydrogen) atoms. The van der Waals surface area contributed by atoms with Crippen molar-refractivity contribution in [1.82, 2.24) is 5.32 Å². The van der Waals surface area contributed by atoms with E-state index in [0.29, 0.717) is 31.9 Å². The predicted octanol–water partition coefficient (Wildman–Crippen LogP) is 4.73. The van der Waals surface area contributed by atoms with Crippen LogP contribution in [0.2, 0.25) is 0 Å². The molecule has 1 amide bonds. The van der Waals surface area contributed by atoms with Crippen LogP contribution in [0.25, 0.3) is 6.08 Å². The summed E-state index contributed by atoms with van der Waals surface area (Å²) >= 11 is 0. The van der Waals surface area contributed by atoms with Crippen LogP contribution in [0.5, 0.6) is 17.2 Å². The summed E-state index contributed by atoms with van der Waals surface area (Å²) in [5.41, 5.74) is 1.94. The third kappa shape index (κ3) is 8.30. The third-order valence-electron chi connectivity index (χ3n) is 4.35. The predicted molar refractivity (Wildman–Crippen MR) is 116 cm³/mol. The first kappa shape index (κ1) is 22.3. The number of hydrogen-bond acceptors (Lipinski definition) is 4. The lowest BCUT2D eigenvalue weighted by Gasteiger charge is -2.12. The van der Waals surface area contributed by atoms with Gasteiger partial charge in [0.25, 0.3) is 0 Å².